The Morgan fingerprint density at radius 1 is 1.24 bits per heavy atom. The van der Waals surface area contributed by atoms with Crippen molar-refractivity contribution >= 4 is 11.5 Å². The van der Waals surface area contributed by atoms with E-state index in [0.29, 0.717) is 12.1 Å². The molecule has 5 nitrogen and oxygen atoms in total. The highest BCUT2D eigenvalue weighted by molar-refractivity contribution is 6.02. The molecule has 0 atom stereocenters. The van der Waals surface area contributed by atoms with Gasteiger partial charge in [0.05, 0.1) is 7.11 Å². The lowest BCUT2D eigenvalue weighted by Gasteiger charge is -2.22. The molecule has 110 valence electrons. The zero-order valence-electron chi connectivity index (χ0n) is 12.2. The standard InChI is InChI=1S/C16H19N3O2/c1-19(11-12-6-5-7-13(10-12)21-2)15-9-4-3-8-14(15)16(17)18-20/h3-10,20H,11H2,1-2H3,(H2,17,18). The number of ether oxygens (including phenoxy) is 1. The molecule has 0 fully saturated rings. The van der Waals surface area contributed by atoms with E-state index in [9.17, 15) is 0 Å². The fraction of sp³-hybridized carbons (Fsp3) is 0.188. The van der Waals surface area contributed by atoms with E-state index in [1.807, 2.05) is 60.5 Å². The van der Waals surface area contributed by atoms with E-state index in [1.165, 1.54) is 0 Å². The number of para-hydroxylation sites is 1. The minimum absolute atomic E-state index is 0.100. The van der Waals surface area contributed by atoms with Crippen LogP contribution in [0.4, 0.5) is 5.69 Å². The molecular weight excluding hydrogens is 266 g/mol. The van der Waals surface area contributed by atoms with E-state index in [0.717, 1.165) is 17.0 Å². The van der Waals surface area contributed by atoms with Crippen molar-refractivity contribution in [2.45, 2.75) is 6.54 Å². The van der Waals surface area contributed by atoms with Gasteiger partial charge < -0.3 is 20.6 Å². The molecule has 0 aliphatic rings. The SMILES string of the molecule is COc1cccc(CN(C)c2ccccc2C(N)=NO)c1. The van der Waals surface area contributed by atoms with E-state index in [2.05, 4.69) is 5.16 Å². The molecule has 0 aliphatic carbocycles. The fourth-order valence-electron chi connectivity index (χ4n) is 2.21. The third-order valence-corrected chi connectivity index (χ3v) is 3.25. The average molecular weight is 285 g/mol. The van der Waals surface area contributed by atoms with Crippen LogP contribution in [-0.4, -0.2) is 25.2 Å². The number of amidine groups is 1. The van der Waals surface area contributed by atoms with Crippen molar-refractivity contribution in [1.82, 2.24) is 0 Å². The van der Waals surface area contributed by atoms with Crippen molar-refractivity contribution in [2.24, 2.45) is 10.9 Å². The van der Waals surface area contributed by atoms with Crippen molar-refractivity contribution in [3.8, 4) is 5.75 Å². The van der Waals surface area contributed by atoms with Gasteiger partial charge in [-0.1, -0.05) is 29.4 Å². The summed E-state index contributed by atoms with van der Waals surface area (Å²) in [4.78, 5) is 2.04. The van der Waals surface area contributed by atoms with Gasteiger partial charge in [-0.3, -0.25) is 0 Å². The lowest BCUT2D eigenvalue weighted by Crippen LogP contribution is -2.22. The van der Waals surface area contributed by atoms with Crippen molar-refractivity contribution < 1.29 is 9.94 Å². The molecule has 2 aromatic rings. The summed E-state index contributed by atoms with van der Waals surface area (Å²) >= 11 is 0. The first-order valence-corrected chi connectivity index (χ1v) is 6.56. The maximum absolute atomic E-state index is 8.88. The lowest BCUT2D eigenvalue weighted by atomic mass is 10.1. The third-order valence-electron chi connectivity index (χ3n) is 3.25. The summed E-state index contributed by atoms with van der Waals surface area (Å²) in [5.41, 5.74) is 8.44. The van der Waals surface area contributed by atoms with E-state index in [1.54, 1.807) is 7.11 Å². The van der Waals surface area contributed by atoms with E-state index < -0.39 is 0 Å². The monoisotopic (exact) mass is 285 g/mol. The van der Waals surface area contributed by atoms with Crippen LogP contribution in [0, 0.1) is 0 Å². The fourth-order valence-corrected chi connectivity index (χ4v) is 2.21. The largest absolute Gasteiger partial charge is 0.497 e. The Morgan fingerprint density at radius 2 is 2.00 bits per heavy atom. The van der Waals surface area contributed by atoms with Crippen LogP contribution in [0.15, 0.2) is 53.7 Å². The number of nitrogens with zero attached hydrogens (tertiary/aromatic N) is 2. The number of oxime groups is 1. The molecule has 0 bridgehead atoms. The summed E-state index contributed by atoms with van der Waals surface area (Å²) in [6, 6.07) is 15.4. The molecule has 3 N–H and O–H groups in total. The minimum atomic E-state index is 0.100. The molecule has 0 unspecified atom stereocenters. The summed E-state index contributed by atoms with van der Waals surface area (Å²) in [5, 5.41) is 12.0. The average Bonchev–Trinajstić information content (AvgIpc) is 2.54. The van der Waals surface area contributed by atoms with Crippen molar-refractivity contribution in [3.05, 3.63) is 59.7 Å². The number of benzene rings is 2. The minimum Gasteiger partial charge on any atom is -0.497 e. The number of hydrogen-bond donors (Lipinski definition) is 2. The highest BCUT2D eigenvalue weighted by Gasteiger charge is 2.11. The first-order chi connectivity index (χ1) is 10.2. The third kappa shape index (κ3) is 3.45. The molecule has 0 aliphatic heterocycles. The van der Waals surface area contributed by atoms with Crippen molar-refractivity contribution in [2.75, 3.05) is 19.1 Å². The van der Waals surface area contributed by atoms with Gasteiger partial charge in [0.2, 0.25) is 0 Å². The molecule has 5 heteroatoms. The predicted molar refractivity (Wildman–Crippen MR) is 84.1 cm³/mol. The van der Waals surface area contributed by atoms with Crippen LogP contribution >= 0.6 is 0 Å². The van der Waals surface area contributed by atoms with Crippen molar-refractivity contribution in [3.63, 3.8) is 0 Å². The molecular formula is C16H19N3O2. The molecule has 21 heavy (non-hydrogen) atoms. The molecule has 0 amide bonds. The van der Waals surface area contributed by atoms with Gasteiger partial charge in [0, 0.05) is 24.8 Å². The van der Waals surface area contributed by atoms with Crippen molar-refractivity contribution in [1.29, 1.82) is 0 Å². The molecule has 2 rings (SSSR count). The van der Waals surface area contributed by atoms with E-state index in [-0.39, 0.29) is 5.84 Å². The summed E-state index contributed by atoms with van der Waals surface area (Å²) in [6.07, 6.45) is 0. The van der Waals surface area contributed by atoms with Crippen LogP contribution in [0.2, 0.25) is 0 Å². The van der Waals surface area contributed by atoms with Crippen LogP contribution in [0.1, 0.15) is 11.1 Å². The molecule has 0 aromatic heterocycles. The van der Waals surface area contributed by atoms with Crippen LogP contribution in [0.5, 0.6) is 5.75 Å². The Labute approximate surface area is 124 Å². The van der Waals surface area contributed by atoms with Gasteiger partial charge in [0.15, 0.2) is 5.84 Å². The molecule has 0 heterocycles. The Morgan fingerprint density at radius 3 is 2.71 bits per heavy atom. The van der Waals surface area contributed by atoms with Crippen LogP contribution in [-0.2, 0) is 6.54 Å². The smallest absolute Gasteiger partial charge is 0.172 e. The summed E-state index contributed by atoms with van der Waals surface area (Å²) in [7, 11) is 3.61. The number of nitrogens with two attached hydrogens (primary N) is 1. The lowest BCUT2D eigenvalue weighted by molar-refractivity contribution is 0.318. The van der Waals surface area contributed by atoms with Crippen LogP contribution in [0.3, 0.4) is 0 Å². The number of anilines is 1. The predicted octanol–water partition coefficient (Wildman–Crippen LogP) is 2.43. The first-order valence-electron chi connectivity index (χ1n) is 6.56. The number of hydrogen-bond acceptors (Lipinski definition) is 4. The maximum Gasteiger partial charge on any atom is 0.172 e. The summed E-state index contributed by atoms with van der Waals surface area (Å²) in [5.74, 6) is 0.925. The van der Waals surface area contributed by atoms with Gasteiger partial charge in [-0.15, -0.1) is 0 Å². The Balaban J connectivity index is 2.26. The highest BCUT2D eigenvalue weighted by atomic mass is 16.5. The second kappa shape index (κ2) is 6.65. The second-order valence-corrected chi connectivity index (χ2v) is 4.71. The highest BCUT2D eigenvalue weighted by Crippen LogP contribution is 2.22. The normalized spacial score (nSPS) is 11.2. The zero-order chi connectivity index (χ0) is 15.2. The number of rotatable bonds is 5. The van der Waals surface area contributed by atoms with Crippen LogP contribution < -0.4 is 15.4 Å². The zero-order valence-corrected chi connectivity index (χ0v) is 12.2. The summed E-state index contributed by atoms with van der Waals surface area (Å²) < 4.78 is 5.23. The summed E-state index contributed by atoms with van der Waals surface area (Å²) in [6.45, 7) is 0.687. The first kappa shape index (κ1) is 14.7. The maximum atomic E-state index is 8.88. The van der Waals surface area contributed by atoms with Gasteiger partial charge in [0.1, 0.15) is 5.75 Å². The Bertz CT molecular complexity index is 641. The molecule has 0 saturated heterocycles. The van der Waals surface area contributed by atoms with Gasteiger partial charge in [-0.2, -0.15) is 0 Å². The molecule has 2 aromatic carbocycles. The molecule has 0 radical (unpaired) electrons. The van der Waals surface area contributed by atoms with Crippen LogP contribution in [0.25, 0.3) is 0 Å². The quantitative estimate of drug-likeness (QED) is 0.383. The van der Waals surface area contributed by atoms with E-state index in [4.69, 9.17) is 15.7 Å². The number of methoxy groups -OCH3 is 1. The van der Waals surface area contributed by atoms with Gasteiger partial charge in [-0.05, 0) is 29.8 Å². The molecule has 0 saturated carbocycles. The topological polar surface area (TPSA) is 71.1 Å². The Hall–Kier alpha value is -2.69. The van der Waals surface area contributed by atoms with Gasteiger partial charge >= 0.3 is 0 Å². The van der Waals surface area contributed by atoms with Gasteiger partial charge in [-0.25, -0.2) is 0 Å². The second-order valence-electron chi connectivity index (χ2n) is 4.71. The Kier molecular flexibility index (Phi) is 4.66. The molecule has 0 spiro atoms. The van der Waals surface area contributed by atoms with Gasteiger partial charge in [0.25, 0.3) is 0 Å². The van der Waals surface area contributed by atoms with E-state index >= 15 is 0 Å².